The molecule has 0 saturated carbocycles. The summed E-state index contributed by atoms with van der Waals surface area (Å²) in [5.74, 6) is 0.716. The average Bonchev–Trinajstić information content (AvgIpc) is 2.48. The normalized spacial score (nSPS) is 24.5. The van der Waals surface area contributed by atoms with Crippen molar-refractivity contribution in [3.05, 3.63) is 28.8 Å². The molecule has 5 heteroatoms. The zero-order chi connectivity index (χ0) is 14.7. The Kier molecular flexibility index (Phi) is 4.34. The number of hydrogen-bond donors (Lipinski definition) is 0. The number of halogens is 1. The van der Waals surface area contributed by atoms with E-state index in [0.717, 1.165) is 38.9 Å². The second kappa shape index (κ2) is 6.23. The number of nitrogens with zero attached hydrogens (tertiary/aromatic N) is 1. The van der Waals surface area contributed by atoms with Gasteiger partial charge in [-0.2, -0.15) is 5.26 Å². The molecule has 1 aromatic rings. The molecule has 0 radical (unpaired) electrons. The molecular formula is C16H18ClNO3. The van der Waals surface area contributed by atoms with Crippen LogP contribution in [0.1, 0.15) is 31.2 Å². The molecule has 4 nitrogen and oxygen atoms in total. The first-order valence-electron chi connectivity index (χ1n) is 7.29. The third-order valence-electron chi connectivity index (χ3n) is 4.22. The highest BCUT2D eigenvalue weighted by Gasteiger charge is 2.39. The van der Waals surface area contributed by atoms with Gasteiger partial charge < -0.3 is 14.2 Å². The van der Waals surface area contributed by atoms with E-state index >= 15 is 0 Å². The fraction of sp³-hybridized carbons (Fsp3) is 0.562. The zero-order valence-corrected chi connectivity index (χ0v) is 12.6. The summed E-state index contributed by atoms with van der Waals surface area (Å²) in [5, 5.41) is 9.33. The molecule has 2 fully saturated rings. The Hall–Kier alpha value is -1.28. The maximum Gasteiger partial charge on any atom is 0.121 e. The van der Waals surface area contributed by atoms with Crippen molar-refractivity contribution in [3.63, 3.8) is 0 Å². The van der Waals surface area contributed by atoms with Crippen molar-refractivity contribution in [1.82, 2.24) is 0 Å². The van der Waals surface area contributed by atoms with Crippen LogP contribution in [0.5, 0.6) is 5.75 Å². The number of nitriles is 1. The molecule has 2 aliphatic rings. The van der Waals surface area contributed by atoms with Gasteiger partial charge in [0.1, 0.15) is 17.9 Å². The Balaban J connectivity index is 1.67. The summed E-state index contributed by atoms with van der Waals surface area (Å²) in [6.07, 6.45) is 3.75. The van der Waals surface area contributed by atoms with Crippen LogP contribution in [-0.4, -0.2) is 31.5 Å². The van der Waals surface area contributed by atoms with Crippen LogP contribution in [0, 0.1) is 11.3 Å². The molecular weight excluding hydrogens is 290 g/mol. The molecule has 0 amide bonds. The van der Waals surface area contributed by atoms with E-state index in [1.165, 1.54) is 0 Å². The van der Waals surface area contributed by atoms with Gasteiger partial charge in [-0.15, -0.1) is 0 Å². The maximum absolute atomic E-state index is 8.89. The molecule has 2 heterocycles. The molecule has 0 aromatic heterocycles. The predicted octanol–water partition coefficient (Wildman–Crippen LogP) is 3.32. The van der Waals surface area contributed by atoms with Crippen LogP contribution in [0.2, 0.25) is 5.02 Å². The SMILES string of the molecule is N#Cc1ccc(OC2CCOC3(CCOCC3)C2)cc1Cl. The minimum Gasteiger partial charge on any atom is -0.490 e. The summed E-state index contributed by atoms with van der Waals surface area (Å²) in [7, 11) is 0. The molecule has 1 spiro atoms. The average molecular weight is 308 g/mol. The Labute approximate surface area is 129 Å². The second-order valence-electron chi connectivity index (χ2n) is 5.63. The Bertz CT molecular complexity index is 543. The van der Waals surface area contributed by atoms with Gasteiger partial charge >= 0.3 is 0 Å². The molecule has 0 N–H and O–H groups in total. The molecule has 1 aromatic carbocycles. The minimum atomic E-state index is -0.0858. The standard InChI is InChI=1S/C16H18ClNO3/c17-15-9-13(2-1-12(15)11-18)21-14-3-6-20-16(10-14)4-7-19-8-5-16/h1-2,9,14H,3-8,10H2. The lowest BCUT2D eigenvalue weighted by Crippen LogP contribution is -2.47. The summed E-state index contributed by atoms with van der Waals surface area (Å²) in [4.78, 5) is 0. The molecule has 0 bridgehead atoms. The molecule has 2 aliphatic heterocycles. The monoisotopic (exact) mass is 307 g/mol. The molecule has 21 heavy (non-hydrogen) atoms. The van der Waals surface area contributed by atoms with Gasteiger partial charge in [0.2, 0.25) is 0 Å². The first-order valence-corrected chi connectivity index (χ1v) is 7.67. The van der Waals surface area contributed by atoms with Gasteiger partial charge in [-0.1, -0.05) is 11.6 Å². The van der Waals surface area contributed by atoms with Crippen molar-refractivity contribution in [2.75, 3.05) is 19.8 Å². The lowest BCUT2D eigenvalue weighted by Gasteiger charge is -2.43. The lowest BCUT2D eigenvalue weighted by molar-refractivity contribution is -0.155. The van der Waals surface area contributed by atoms with Gasteiger partial charge in [-0.05, 0) is 25.0 Å². The summed E-state index contributed by atoms with van der Waals surface area (Å²) in [6.45, 7) is 2.24. The predicted molar refractivity (Wildman–Crippen MR) is 78.6 cm³/mol. The van der Waals surface area contributed by atoms with E-state index in [-0.39, 0.29) is 11.7 Å². The fourth-order valence-corrected chi connectivity index (χ4v) is 3.24. The van der Waals surface area contributed by atoms with Crippen molar-refractivity contribution in [2.45, 2.75) is 37.4 Å². The third kappa shape index (κ3) is 3.32. The van der Waals surface area contributed by atoms with Gasteiger partial charge in [0.05, 0.1) is 22.8 Å². The van der Waals surface area contributed by atoms with E-state index in [9.17, 15) is 0 Å². The lowest BCUT2D eigenvalue weighted by atomic mass is 9.85. The number of hydrogen-bond acceptors (Lipinski definition) is 4. The molecule has 112 valence electrons. The topological polar surface area (TPSA) is 51.5 Å². The Morgan fingerprint density at radius 2 is 2.10 bits per heavy atom. The molecule has 1 atom stereocenters. The summed E-state index contributed by atoms with van der Waals surface area (Å²) < 4.78 is 17.5. The van der Waals surface area contributed by atoms with E-state index in [1.54, 1.807) is 18.2 Å². The van der Waals surface area contributed by atoms with E-state index in [0.29, 0.717) is 22.9 Å². The first kappa shape index (κ1) is 14.6. The van der Waals surface area contributed by atoms with Crippen LogP contribution in [0.3, 0.4) is 0 Å². The molecule has 3 rings (SSSR count). The summed E-state index contributed by atoms with van der Waals surface area (Å²) in [5.41, 5.74) is 0.384. The van der Waals surface area contributed by atoms with Gasteiger partial charge in [0.15, 0.2) is 0 Å². The summed E-state index contributed by atoms with van der Waals surface area (Å²) in [6, 6.07) is 7.26. The van der Waals surface area contributed by atoms with Gasteiger partial charge in [0, 0.05) is 32.1 Å². The largest absolute Gasteiger partial charge is 0.490 e. The van der Waals surface area contributed by atoms with Crippen LogP contribution in [0.15, 0.2) is 18.2 Å². The third-order valence-corrected chi connectivity index (χ3v) is 4.53. The van der Waals surface area contributed by atoms with Crippen LogP contribution < -0.4 is 4.74 Å². The van der Waals surface area contributed by atoms with Crippen molar-refractivity contribution >= 4 is 11.6 Å². The Morgan fingerprint density at radius 1 is 1.29 bits per heavy atom. The van der Waals surface area contributed by atoms with Crippen molar-refractivity contribution in [2.24, 2.45) is 0 Å². The number of rotatable bonds is 2. The number of ether oxygens (including phenoxy) is 3. The highest BCUT2D eigenvalue weighted by atomic mass is 35.5. The Morgan fingerprint density at radius 3 is 2.81 bits per heavy atom. The molecule has 2 saturated heterocycles. The summed E-state index contributed by atoms with van der Waals surface area (Å²) >= 11 is 6.05. The van der Waals surface area contributed by atoms with E-state index < -0.39 is 0 Å². The minimum absolute atomic E-state index is 0.0858. The van der Waals surface area contributed by atoms with Crippen molar-refractivity contribution < 1.29 is 14.2 Å². The van der Waals surface area contributed by atoms with E-state index in [1.807, 2.05) is 0 Å². The second-order valence-corrected chi connectivity index (χ2v) is 6.04. The highest BCUT2D eigenvalue weighted by molar-refractivity contribution is 6.31. The van der Waals surface area contributed by atoms with Gasteiger partial charge in [-0.3, -0.25) is 0 Å². The maximum atomic E-state index is 8.89. The van der Waals surface area contributed by atoms with E-state index in [4.69, 9.17) is 31.1 Å². The van der Waals surface area contributed by atoms with Crippen molar-refractivity contribution in [1.29, 1.82) is 5.26 Å². The highest BCUT2D eigenvalue weighted by Crippen LogP contribution is 2.36. The zero-order valence-electron chi connectivity index (χ0n) is 11.8. The van der Waals surface area contributed by atoms with Crippen LogP contribution in [0.4, 0.5) is 0 Å². The van der Waals surface area contributed by atoms with Crippen LogP contribution in [-0.2, 0) is 9.47 Å². The van der Waals surface area contributed by atoms with Crippen LogP contribution >= 0.6 is 11.6 Å². The van der Waals surface area contributed by atoms with Crippen LogP contribution in [0.25, 0.3) is 0 Å². The van der Waals surface area contributed by atoms with Gasteiger partial charge in [-0.25, -0.2) is 0 Å². The van der Waals surface area contributed by atoms with E-state index in [2.05, 4.69) is 6.07 Å². The molecule has 0 aliphatic carbocycles. The van der Waals surface area contributed by atoms with Crippen molar-refractivity contribution in [3.8, 4) is 11.8 Å². The number of benzene rings is 1. The van der Waals surface area contributed by atoms with Gasteiger partial charge in [0.25, 0.3) is 0 Å². The smallest absolute Gasteiger partial charge is 0.121 e. The first-order chi connectivity index (χ1) is 10.2. The fourth-order valence-electron chi connectivity index (χ4n) is 3.03. The molecule has 1 unspecified atom stereocenters. The quantitative estimate of drug-likeness (QED) is 0.841.